The van der Waals surface area contributed by atoms with Gasteiger partial charge >= 0.3 is 5.97 Å². The van der Waals surface area contributed by atoms with Gasteiger partial charge in [-0.15, -0.1) is 0 Å². The van der Waals surface area contributed by atoms with Gasteiger partial charge in [0.05, 0.1) is 5.92 Å². The molecule has 0 aromatic heterocycles. The molecule has 1 aromatic carbocycles. The van der Waals surface area contributed by atoms with Crippen LogP contribution in [0.3, 0.4) is 0 Å². The summed E-state index contributed by atoms with van der Waals surface area (Å²) in [6, 6.07) is 10.3. The molecule has 0 spiro atoms. The normalized spacial score (nSPS) is 31.4. The van der Waals surface area contributed by atoms with E-state index in [1.807, 2.05) is 18.2 Å². The average Bonchev–Trinajstić information content (AvgIpc) is 2.52. The first-order chi connectivity index (χ1) is 7.94. The van der Waals surface area contributed by atoms with Crippen molar-refractivity contribution in [2.75, 3.05) is 0 Å². The number of hydrogen-bond donors (Lipinski definition) is 1. The van der Waals surface area contributed by atoms with E-state index in [4.69, 9.17) is 0 Å². The standard InChI is InChI=1S/C15H20O2/c1-10-12(11-7-5-4-6-8-11)9-13(14(16)17)15(10,2)3/h4-8,10,12-13H,9H2,1-3H3,(H,16,17)/t10-,12+,13+/m1/s1. The molecule has 0 heterocycles. The molecule has 1 aromatic rings. The van der Waals surface area contributed by atoms with E-state index in [1.165, 1.54) is 5.56 Å². The number of benzene rings is 1. The van der Waals surface area contributed by atoms with Gasteiger partial charge in [0.2, 0.25) is 0 Å². The van der Waals surface area contributed by atoms with Gasteiger partial charge in [-0.3, -0.25) is 4.79 Å². The molecule has 1 aliphatic carbocycles. The maximum absolute atomic E-state index is 11.3. The van der Waals surface area contributed by atoms with Crippen LogP contribution in [0.15, 0.2) is 30.3 Å². The molecule has 0 bridgehead atoms. The van der Waals surface area contributed by atoms with Crippen LogP contribution in [0, 0.1) is 17.3 Å². The van der Waals surface area contributed by atoms with Crippen molar-refractivity contribution in [2.24, 2.45) is 17.3 Å². The molecule has 92 valence electrons. The summed E-state index contributed by atoms with van der Waals surface area (Å²) in [5.74, 6) is -0.124. The van der Waals surface area contributed by atoms with Crippen molar-refractivity contribution in [1.82, 2.24) is 0 Å². The predicted octanol–water partition coefficient (Wildman–Crippen LogP) is 3.54. The third-order valence-electron chi connectivity index (χ3n) is 4.69. The van der Waals surface area contributed by atoms with E-state index in [1.54, 1.807) is 0 Å². The van der Waals surface area contributed by atoms with Crippen LogP contribution in [-0.4, -0.2) is 11.1 Å². The van der Waals surface area contributed by atoms with Crippen LogP contribution in [0.5, 0.6) is 0 Å². The van der Waals surface area contributed by atoms with E-state index in [9.17, 15) is 9.90 Å². The van der Waals surface area contributed by atoms with Crippen LogP contribution in [0.1, 0.15) is 38.7 Å². The second-order valence-electron chi connectivity index (χ2n) is 5.75. The molecular weight excluding hydrogens is 212 g/mol. The third kappa shape index (κ3) is 1.97. The van der Waals surface area contributed by atoms with E-state index >= 15 is 0 Å². The number of carbonyl (C=O) groups is 1. The quantitative estimate of drug-likeness (QED) is 0.846. The number of carboxylic acids is 1. The summed E-state index contributed by atoms with van der Waals surface area (Å²) in [5.41, 5.74) is 1.14. The number of aliphatic carboxylic acids is 1. The zero-order valence-electron chi connectivity index (χ0n) is 10.7. The smallest absolute Gasteiger partial charge is 0.307 e. The minimum Gasteiger partial charge on any atom is -0.481 e. The molecule has 0 amide bonds. The van der Waals surface area contributed by atoms with Crippen molar-refractivity contribution in [2.45, 2.75) is 33.1 Å². The molecule has 1 aliphatic rings. The van der Waals surface area contributed by atoms with E-state index in [0.29, 0.717) is 11.8 Å². The summed E-state index contributed by atoms with van der Waals surface area (Å²) >= 11 is 0. The lowest BCUT2D eigenvalue weighted by atomic mass is 9.74. The maximum atomic E-state index is 11.3. The number of hydrogen-bond acceptors (Lipinski definition) is 1. The van der Waals surface area contributed by atoms with Gasteiger partial charge in [-0.05, 0) is 29.2 Å². The average molecular weight is 232 g/mol. The highest BCUT2D eigenvalue weighted by Crippen LogP contribution is 2.54. The molecule has 2 nitrogen and oxygen atoms in total. The Labute approximate surface area is 103 Å². The van der Waals surface area contributed by atoms with Gasteiger partial charge in [-0.2, -0.15) is 0 Å². The van der Waals surface area contributed by atoms with E-state index < -0.39 is 5.97 Å². The summed E-state index contributed by atoms with van der Waals surface area (Å²) in [6.45, 7) is 6.35. The molecule has 0 unspecified atom stereocenters. The van der Waals surface area contributed by atoms with Gasteiger partial charge in [0, 0.05) is 0 Å². The summed E-state index contributed by atoms with van der Waals surface area (Å²) in [4.78, 5) is 11.3. The van der Waals surface area contributed by atoms with E-state index in [0.717, 1.165) is 6.42 Å². The van der Waals surface area contributed by atoms with Gasteiger partial charge in [-0.1, -0.05) is 51.1 Å². The molecule has 0 aliphatic heterocycles. The second-order valence-corrected chi connectivity index (χ2v) is 5.75. The Morgan fingerprint density at radius 2 is 1.88 bits per heavy atom. The molecule has 3 atom stereocenters. The van der Waals surface area contributed by atoms with Crippen LogP contribution in [-0.2, 0) is 4.79 Å². The Hall–Kier alpha value is -1.31. The molecule has 2 rings (SSSR count). The fourth-order valence-electron chi connectivity index (χ4n) is 3.14. The van der Waals surface area contributed by atoms with Crippen LogP contribution >= 0.6 is 0 Å². The Bertz CT molecular complexity index is 408. The van der Waals surface area contributed by atoms with Crippen molar-refractivity contribution in [3.8, 4) is 0 Å². The molecule has 0 radical (unpaired) electrons. The molecule has 1 fully saturated rings. The monoisotopic (exact) mass is 232 g/mol. The molecular formula is C15H20O2. The SMILES string of the molecule is C[C@@H]1[C@@H](c2ccccc2)C[C@@H](C(=O)O)C1(C)C. The van der Waals surface area contributed by atoms with Crippen molar-refractivity contribution in [3.63, 3.8) is 0 Å². The first-order valence-electron chi connectivity index (χ1n) is 6.22. The van der Waals surface area contributed by atoms with Crippen molar-refractivity contribution in [1.29, 1.82) is 0 Å². The van der Waals surface area contributed by atoms with Gasteiger partial charge in [0.15, 0.2) is 0 Å². The summed E-state index contributed by atoms with van der Waals surface area (Å²) in [5, 5.41) is 9.33. The first-order valence-corrected chi connectivity index (χ1v) is 6.22. The van der Waals surface area contributed by atoms with Gasteiger partial charge < -0.3 is 5.11 Å². The molecule has 17 heavy (non-hydrogen) atoms. The fourth-order valence-corrected chi connectivity index (χ4v) is 3.14. The summed E-state index contributed by atoms with van der Waals surface area (Å²) < 4.78 is 0. The minimum atomic E-state index is -0.653. The Balaban J connectivity index is 2.32. The van der Waals surface area contributed by atoms with Crippen LogP contribution in [0.25, 0.3) is 0 Å². The van der Waals surface area contributed by atoms with Gasteiger partial charge in [0.25, 0.3) is 0 Å². The highest BCUT2D eigenvalue weighted by atomic mass is 16.4. The van der Waals surface area contributed by atoms with E-state index in [2.05, 4.69) is 32.9 Å². The van der Waals surface area contributed by atoms with Gasteiger partial charge in [-0.25, -0.2) is 0 Å². The lowest BCUT2D eigenvalue weighted by molar-refractivity contribution is -0.145. The zero-order valence-corrected chi connectivity index (χ0v) is 10.7. The Kier molecular flexibility index (Phi) is 2.98. The first kappa shape index (κ1) is 12.2. The lowest BCUT2D eigenvalue weighted by Gasteiger charge is -2.30. The van der Waals surface area contributed by atoms with Crippen LogP contribution in [0.4, 0.5) is 0 Å². The minimum absolute atomic E-state index is 0.133. The highest BCUT2D eigenvalue weighted by molar-refractivity contribution is 5.72. The van der Waals surface area contributed by atoms with Crippen molar-refractivity contribution in [3.05, 3.63) is 35.9 Å². The molecule has 1 saturated carbocycles. The lowest BCUT2D eigenvalue weighted by Crippen LogP contribution is -2.29. The summed E-state index contributed by atoms with van der Waals surface area (Å²) in [7, 11) is 0. The van der Waals surface area contributed by atoms with Crippen LogP contribution in [0.2, 0.25) is 0 Å². The van der Waals surface area contributed by atoms with Crippen LogP contribution < -0.4 is 0 Å². The van der Waals surface area contributed by atoms with Gasteiger partial charge in [0.1, 0.15) is 0 Å². The number of rotatable bonds is 2. The molecule has 1 N–H and O–H groups in total. The largest absolute Gasteiger partial charge is 0.481 e. The fraction of sp³-hybridized carbons (Fsp3) is 0.533. The second kappa shape index (κ2) is 4.17. The topological polar surface area (TPSA) is 37.3 Å². The zero-order chi connectivity index (χ0) is 12.6. The summed E-state index contributed by atoms with van der Waals surface area (Å²) in [6.07, 6.45) is 0.757. The van der Waals surface area contributed by atoms with E-state index in [-0.39, 0.29) is 11.3 Å². The maximum Gasteiger partial charge on any atom is 0.307 e. The third-order valence-corrected chi connectivity index (χ3v) is 4.69. The van der Waals surface area contributed by atoms with Crippen molar-refractivity contribution < 1.29 is 9.90 Å². The Morgan fingerprint density at radius 3 is 2.35 bits per heavy atom. The van der Waals surface area contributed by atoms with Crippen molar-refractivity contribution >= 4 is 5.97 Å². The number of carboxylic acid groups (broad SMARTS) is 1. The predicted molar refractivity (Wildman–Crippen MR) is 67.9 cm³/mol. The Morgan fingerprint density at radius 1 is 1.29 bits per heavy atom. The highest BCUT2D eigenvalue weighted by Gasteiger charge is 2.50. The molecule has 0 saturated heterocycles. The molecule has 2 heteroatoms.